The van der Waals surface area contributed by atoms with Crippen molar-refractivity contribution < 1.29 is 0 Å². The van der Waals surface area contributed by atoms with E-state index in [0.29, 0.717) is 17.6 Å². The van der Waals surface area contributed by atoms with E-state index in [4.69, 9.17) is 15.0 Å². The molecule has 0 saturated carbocycles. The summed E-state index contributed by atoms with van der Waals surface area (Å²) >= 11 is 0. The minimum Gasteiger partial charge on any atom is -0.307 e. The van der Waals surface area contributed by atoms with Gasteiger partial charge in [-0.2, -0.15) is 9.97 Å². The first-order valence-electron chi connectivity index (χ1n) is 23.0. The van der Waals surface area contributed by atoms with Crippen LogP contribution in [0.5, 0.6) is 0 Å². The third-order valence-electron chi connectivity index (χ3n) is 13.2. The number of rotatable bonds is 8. The van der Waals surface area contributed by atoms with Crippen molar-refractivity contribution in [2.45, 2.75) is 0 Å². The Bertz CT molecular complexity index is 3980. The monoisotopic (exact) mass is 867 g/mol. The summed E-state index contributed by atoms with van der Waals surface area (Å²) in [5.74, 6) is 1.76. The Kier molecular flexibility index (Phi) is 9.43. The van der Waals surface area contributed by atoms with E-state index in [1.165, 1.54) is 33.2 Å². The van der Waals surface area contributed by atoms with Crippen molar-refractivity contribution in [1.29, 1.82) is 0 Å². The van der Waals surface area contributed by atoms with E-state index in [2.05, 4.69) is 240 Å². The smallest absolute Gasteiger partial charge is 0.238 e. The molecule has 0 unspecified atom stereocenters. The predicted octanol–water partition coefficient (Wildman–Crippen LogP) is 16.1. The van der Waals surface area contributed by atoms with Crippen molar-refractivity contribution in [3.63, 3.8) is 0 Å². The van der Waals surface area contributed by atoms with Crippen LogP contribution in [-0.2, 0) is 0 Å². The molecule has 0 aliphatic heterocycles. The Hall–Kier alpha value is -9.19. The molecule has 13 aromatic rings. The van der Waals surface area contributed by atoms with Crippen LogP contribution in [0.1, 0.15) is 0 Å². The molecule has 0 bridgehead atoms. The molecule has 5 nitrogen and oxygen atoms in total. The molecule has 0 N–H and O–H groups in total. The lowest BCUT2D eigenvalue weighted by atomic mass is 9.97. The van der Waals surface area contributed by atoms with Crippen molar-refractivity contribution in [2.24, 2.45) is 0 Å². The molecule has 68 heavy (non-hydrogen) atoms. The van der Waals surface area contributed by atoms with Crippen LogP contribution >= 0.6 is 0 Å². The number of aromatic nitrogens is 5. The summed E-state index contributed by atoms with van der Waals surface area (Å²) in [5, 5.41) is 4.59. The number of fused-ring (bicyclic) bond motifs is 7. The summed E-state index contributed by atoms with van der Waals surface area (Å²) in [6.07, 6.45) is 0. The van der Waals surface area contributed by atoms with Gasteiger partial charge in [0.15, 0.2) is 11.6 Å². The summed E-state index contributed by atoms with van der Waals surface area (Å²) < 4.78 is 4.68. The number of benzene rings is 10. The zero-order valence-corrected chi connectivity index (χ0v) is 36.9. The van der Waals surface area contributed by atoms with Gasteiger partial charge < -0.3 is 4.57 Å². The largest absolute Gasteiger partial charge is 0.307 e. The molecule has 0 aliphatic rings. The van der Waals surface area contributed by atoms with Crippen molar-refractivity contribution in [3.8, 4) is 78.9 Å². The molecule has 5 heteroatoms. The molecular weight excluding hydrogens is 827 g/mol. The Morgan fingerprint density at radius 1 is 0.235 bits per heavy atom. The average molecular weight is 868 g/mol. The normalized spacial score (nSPS) is 11.5. The highest BCUT2D eigenvalue weighted by atomic mass is 15.2. The lowest BCUT2D eigenvalue weighted by molar-refractivity contribution is 0.953. The van der Waals surface area contributed by atoms with Crippen LogP contribution in [-0.4, -0.2) is 24.1 Å². The Morgan fingerprint density at radius 2 is 0.603 bits per heavy atom. The van der Waals surface area contributed by atoms with Gasteiger partial charge in [-0.15, -0.1) is 0 Å². The Balaban J connectivity index is 0.976. The van der Waals surface area contributed by atoms with Crippen molar-refractivity contribution in [3.05, 3.63) is 249 Å². The molecule has 0 spiro atoms. The van der Waals surface area contributed by atoms with Gasteiger partial charge in [-0.05, 0) is 74.8 Å². The maximum atomic E-state index is 5.41. The topological polar surface area (TPSA) is 48.5 Å². The van der Waals surface area contributed by atoms with E-state index in [1.807, 2.05) is 18.2 Å². The third-order valence-corrected chi connectivity index (χ3v) is 13.2. The zero-order chi connectivity index (χ0) is 45.0. The van der Waals surface area contributed by atoms with Gasteiger partial charge in [0.05, 0.1) is 22.1 Å². The summed E-state index contributed by atoms with van der Waals surface area (Å²) in [6.45, 7) is 0. The van der Waals surface area contributed by atoms with Crippen LogP contribution in [0.4, 0.5) is 0 Å². The summed E-state index contributed by atoms with van der Waals surface area (Å²) in [4.78, 5) is 15.9. The van der Waals surface area contributed by atoms with E-state index in [9.17, 15) is 0 Å². The van der Waals surface area contributed by atoms with Gasteiger partial charge in [0, 0.05) is 38.4 Å². The van der Waals surface area contributed by atoms with E-state index in [0.717, 1.165) is 71.7 Å². The van der Waals surface area contributed by atoms with Crippen molar-refractivity contribution >= 4 is 43.6 Å². The first-order chi connectivity index (χ1) is 33.7. The second-order valence-corrected chi connectivity index (χ2v) is 17.2. The molecule has 0 amide bonds. The van der Waals surface area contributed by atoms with Crippen LogP contribution in [0.15, 0.2) is 249 Å². The molecule has 3 aromatic heterocycles. The van der Waals surface area contributed by atoms with E-state index in [-0.39, 0.29) is 0 Å². The summed E-state index contributed by atoms with van der Waals surface area (Å²) in [6, 6.07) is 88.2. The molecule has 0 aliphatic carbocycles. The average Bonchev–Trinajstić information content (AvgIpc) is 3.95. The Labute approximate surface area is 393 Å². The lowest BCUT2D eigenvalue weighted by Crippen LogP contribution is -2.07. The zero-order valence-electron chi connectivity index (χ0n) is 36.9. The maximum Gasteiger partial charge on any atom is 0.238 e. The van der Waals surface area contributed by atoms with Crippen molar-refractivity contribution in [2.75, 3.05) is 0 Å². The van der Waals surface area contributed by atoms with Crippen LogP contribution in [0.25, 0.3) is 123 Å². The van der Waals surface area contributed by atoms with Gasteiger partial charge in [0.25, 0.3) is 0 Å². The van der Waals surface area contributed by atoms with Gasteiger partial charge in [-0.3, -0.25) is 4.57 Å². The molecule has 0 saturated heterocycles. The standard InChI is InChI=1S/C63H41N5/c1-4-16-42(17-5-1)44-30-32-45(33-31-44)49-22-14-23-50(40-49)46-34-36-48(37-35-46)62-64-61(47-20-8-3-9-21-47)65-63(66-62)68-58-29-13-11-27-54(58)56-39-38-55-53-26-10-12-28-57(53)67(59(55)60(56)68)52-25-15-24-51(41-52)43-18-6-2-7-19-43/h1-41H. The maximum absolute atomic E-state index is 5.41. The fraction of sp³-hybridized carbons (Fsp3) is 0. The summed E-state index contributed by atoms with van der Waals surface area (Å²) in [7, 11) is 0. The second-order valence-electron chi connectivity index (χ2n) is 17.2. The molecular formula is C63H41N5. The first kappa shape index (κ1) is 39.2. The predicted molar refractivity (Wildman–Crippen MR) is 281 cm³/mol. The van der Waals surface area contributed by atoms with Crippen LogP contribution in [0, 0.1) is 0 Å². The van der Waals surface area contributed by atoms with Gasteiger partial charge >= 0.3 is 0 Å². The van der Waals surface area contributed by atoms with Crippen LogP contribution in [0.3, 0.4) is 0 Å². The number of nitrogens with zero attached hydrogens (tertiary/aromatic N) is 5. The minimum absolute atomic E-state index is 0.553. The van der Waals surface area contributed by atoms with Gasteiger partial charge in [0.2, 0.25) is 5.95 Å². The third kappa shape index (κ3) is 6.76. The highest BCUT2D eigenvalue weighted by Gasteiger charge is 2.24. The number of para-hydroxylation sites is 2. The van der Waals surface area contributed by atoms with Crippen LogP contribution < -0.4 is 0 Å². The van der Waals surface area contributed by atoms with E-state index in [1.54, 1.807) is 0 Å². The van der Waals surface area contributed by atoms with Gasteiger partial charge in [0.1, 0.15) is 0 Å². The molecule has 0 radical (unpaired) electrons. The fourth-order valence-corrected chi connectivity index (χ4v) is 9.92. The molecule has 0 fully saturated rings. The summed E-state index contributed by atoms with van der Waals surface area (Å²) in [5.41, 5.74) is 16.5. The molecule has 10 aromatic carbocycles. The quantitative estimate of drug-likeness (QED) is 0.153. The SMILES string of the molecule is c1ccc(-c2ccc(-c3cccc(-c4ccc(-c5nc(-c6ccccc6)nc(-n6c7ccccc7c7ccc8c9ccccc9n(-c9cccc(-c%10ccccc%10)c9)c8c76)n5)cc4)c3)cc2)cc1. The molecule has 0 atom stereocenters. The Morgan fingerprint density at radius 3 is 1.16 bits per heavy atom. The minimum atomic E-state index is 0.553. The fourth-order valence-electron chi connectivity index (χ4n) is 9.92. The second kappa shape index (κ2) is 16.4. The van der Waals surface area contributed by atoms with Gasteiger partial charge in [-0.1, -0.05) is 218 Å². The van der Waals surface area contributed by atoms with E-state index < -0.39 is 0 Å². The highest BCUT2D eigenvalue weighted by Crippen LogP contribution is 2.42. The highest BCUT2D eigenvalue weighted by molar-refractivity contribution is 6.23. The first-order valence-corrected chi connectivity index (χ1v) is 23.0. The van der Waals surface area contributed by atoms with E-state index >= 15 is 0 Å². The molecule has 3 heterocycles. The molecule has 13 rings (SSSR count). The van der Waals surface area contributed by atoms with Gasteiger partial charge in [-0.25, -0.2) is 4.98 Å². The number of hydrogen-bond acceptors (Lipinski definition) is 3. The lowest BCUT2D eigenvalue weighted by Gasteiger charge is -2.14. The molecule has 318 valence electrons. The number of hydrogen-bond donors (Lipinski definition) is 0. The van der Waals surface area contributed by atoms with Crippen molar-refractivity contribution in [1.82, 2.24) is 24.1 Å². The van der Waals surface area contributed by atoms with Crippen LogP contribution in [0.2, 0.25) is 0 Å².